The fourth-order valence-corrected chi connectivity index (χ4v) is 2.56. The lowest BCUT2D eigenvalue weighted by atomic mass is 10.0. The SMILES string of the molecule is Cc1n[nH]c2ccc(-c3cncc(OCC4(F)CNC4)n3)cc12. The molecule has 2 N–H and O–H groups in total. The number of alkyl halides is 1. The highest BCUT2D eigenvalue weighted by atomic mass is 19.1. The Labute approximate surface area is 132 Å². The van der Waals surface area contributed by atoms with Crippen molar-refractivity contribution in [3.63, 3.8) is 0 Å². The Bertz CT molecular complexity index is 859. The van der Waals surface area contributed by atoms with E-state index in [-0.39, 0.29) is 6.61 Å². The number of aromatic amines is 1. The van der Waals surface area contributed by atoms with Crippen molar-refractivity contribution in [2.75, 3.05) is 19.7 Å². The summed E-state index contributed by atoms with van der Waals surface area (Å²) < 4.78 is 19.4. The van der Waals surface area contributed by atoms with Crippen LogP contribution in [-0.4, -0.2) is 45.5 Å². The molecule has 0 bridgehead atoms. The molecule has 23 heavy (non-hydrogen) atoms. The van der Waals surface area contributed by atoms with Crippen LogP contribution in [0.1, 0.15) is 5.69 Å². The highest BCUT2D eigenvalue weighted by molar-refractivity contribution is 5.85. The van der Waals surface area contributed by atoms with E-state index in [1.165, 1.54) is 6.20 Å². The molecule has 2 aromatic heterocycles. The zero-order valence-electron chi connectivity index (χ0n) is 12.6. The Morgan fingerprint density at radius 1 is 1.30 bits per heavy atom. The highest BCUT2D eigenvalue weighted by Gasteiger charge is 2.38. The van der Waals surface area contributed by atoms with Crippen molar-refractivity contribution in [1.29, 1.82) is 0 Å². The summed E-state index contributed by atoms with van der Waals surface area (Å²) in [4.78, 5) is 8.57. The number of hydrogen-bond acceptors (Lipinski definition) is 5. The number of H-pyrrole nitrogens is 1. The summed E-state index contributed by atoms with van der Waals surface area (Å²) in [5, 5.41) is 11.1. The summed E-state index contributed by atoms with van der Waals surface area (Å²) in [5.41, 5.74) is 2.21. The molecule has 0 aliphatic carbocycles. The number of benzene rings is 1. The van der Waals surface area contributed by atoms with Gasteiger partial charge < -0.3 is 10.1 Å². The molecule has 6 nitrogen and oxygen atoms in total. The Kier molecular flexibility index (Phi) is 3.23. The number of aromatic nitrogens is 4. The van der Waals surface area contributed by atoms with E-state index in [0.29, 0.717) is 24.7 Å². The van der Waals surface area contributed by atoms with Gasteiger partial charge in [-0.2, -0.15) is 5.10 Å². The molecule has 0 radical (unpaired) electrons. The minimum atomic E-state index is -1.30. The first-order valence-corrected chi connectivity index (χ1v) is 7.43. The smallest absolute Gasteiger partial charge is 0.232 e. The number of aryl methyl sites for hydroxylation is 1. The van der Waals surface area contributed by atoms with Crippen LogP contribution in [0.25, 0.3) is 22.2 Å². The van der Waals surface area contributed by atoms with Crippen molar-refractivity contribution in [2.45, 2.75) is 12.6 Å². The van der Waals surface area contributed by atoms with Crippen LogP contribution >= 0.6 is 0 Å². The maximum Gasteiger partial charge on any atom is 0.232 e. The second-order valence-corrected chi connectivity index (χ2v) is 5.86. The third kappa shape index (κ3) is 2.63. The van der Waals surface area contributed by atoms with E-state index in [9.17, 15) is 4.39 Å². The molecule has 0 atom stereocenters. The number of halogens is 1. The summed E-state index contributed by atoms with van der Waals surface area (Å²) >= 11 is 0. The van der Waals surface area contributed by atoms with E-state index < -0.39 is 5.67 Å². The van der Waals surface area contributed by atoms with E-state index >= 15 is 0 Å². The molecule has 4 rings (SSSR count). The van der Waals surface area contributed by atoms with Crippen LogP contribution in [0.4, 0.5) is 4.39 Å². The fraction of sp³-hybridized carbons (Fsp3) is 0.312. The molecule has 0 unspecified atom stereocenters. The standard InChI is InChI=1S/C16H16FN5O/c1-10-12-4-11(2-3-13(12)22-21-10)14-5-18-6-15(20-14)23-9-16(17)7-19-8-16/h2-6,19H,7-9H2,1H3,(H,21,22). The van der Waals surface area contributed by atoms with Gasteiger partial charge in [0.15, 0.2) is 5.67 Å². The molecule has 1 fully saturated rings. The minimum absolute atomic E-state index is 0.0159. The largest absolute Gasteiger partial charge is 0.473 e. The quantitative estimate of drug-likeness (QED) is 0.771. The second-order valence-electron chi connectivity index (χ2n) is 5.86. The normalized spacial score (nSPS) is 16.3. The lowest BCUT2D eigenvalue weighted by Crippen LogP contribution is -2.59. The molecular formula is C16H16FN5O. The maximum absolute atomic E-state index is 14.0. The van der Waals surface area contributed by atoms with Crippen molar-refractivity contribution in [1.82, 2.24) is 25.5 Å². The molecular weight excluding hydrogens is 297 g/mol. The first kappa shape index (κ1) is 14.1. The van der Waals surface area contributed by atoms with Crippen LogP contribution in [0.15, 0.2) is 30.6 Å². The molecule has 0 amide bonds. The first-order chi connectivity index (χ1) is 11.1. The van der Waals surface area contributed by atoms with E-state index in [0.717, 1.165) is 22.2 Å². The van der Waals surface area contributed by atoms with Gasteiger partial charge in [-0.1, -0.05) is 6.07 Å². The van der Waals surface area contributed by atoms with Crippen LogP contribution in [0.2, 0.25) is 0 Å². The molecule has 7 heteroatoms. The van der Waals surface area contributed by atoms with E-state index in [1.54, 1.807) is 6.20 Å². The summed E-state index contributed by atoms with van der Waals surface area (Å²) in [5.74, 6) is 0.329. The van der Waals surface area contributed by atoms with Crippen molar-refractivity contribution < 1.29 is 9.13 Å². The molecule has 3 heterocycles. The summed E-state index contributed by atoms with van der Waals surface area (Å²) in [6.07, 6.45) is 3.17. The van der Waals surface area contributed by atoms with Gasteiger partial charge in [-0.05, 0) is 19.1 Å². The number of hydrogen-bond donors (Lipinski definition) is 2. The zero-order valence-corrected chi connectivity index (χ0v) is 12.6. The lowest BCUT2D eigenvalue weighted by molar-refractivity contribution is 0.0328. The van der Waals surface area contributed by atoms with Gasteiger partial charge in [0.1, 0.15) is 6.61 Å². The summed E-state index contributed by atoms with van der Waals surface area (Å²) in [7, 11) is 0. The Morgan fingerprint density at radius 2 is 2.17 bits per heavy atom. The van der Waals surface area contributed by atoms with Crippen LogP contribution in [0, 0.1) is 6.92 Å². The van der Waals surface area contributed by atoms with Gasteiger partial charge in [0.05, 0.1) is 29.3 Å². The van der Waals surface area contributed by atoms with Gasteiger partial charge in [-0.15, -0.1) is 0 Å². The van der Waals surface area contributed by atoms with Crippen LogP contribution in [0.5, 0.6) is 5.88 Å². The molecule has 1 aliphatic rings. The first-order valence-electron chi connectivity index (χ1n) is 7.43. The van der Waals surface area contributed by atoms with Gasteiger partial charge in [-0.3, -0.25) is 10.1 Å². The van der Waals surface area contributed by atoms with Crippen molar-refractivity contribution in [2.24, 2.45) is 0 Å². The van der Waals surface area contributed by atoms with Gasteiger partial charge in [0, 0.05) is 24.0 Å². The van der Waals surface area contributed by atoms with Crippen LogP contribution in [-0.2, 0) is 0 Å². The zero-order chi connectivity index (χ0) is 15.9. The number of nitrogens with one attached hydrogen (secondary N) is 2. The molecule has 118 valence electrons. The Morgan fingerprint density at radius 3 is 2.96 bits per heavy atom. The lowest BCUT2D eigenvalue weighted by Gasteiger charge is -2.34. The summed E-state index contributed by atoms with van der Waals surface area (Å²) in [6.45, 7) is 2.56. The van der Waals surface area contributed by atoms with E-state index in [2.05, 4.69) is 25.5 Å². The predicted molar refractivity (Wildman–Crippen MR) is 84.1 cm³/mol. The number of ether oxygens (including phenoxy) is 1. The molecule has 1 aliphatic heterocycles. The van der Waals surface area contributed by atoms with Crippen molar-refractivity contribution in [3.05, 3.63) is 36.3 Å². The van der Waals surface area contributed by atoms with E-state index in [4.69, 9.17) is 4.74 Å². The van der Waals surface area contributed by atoms with Gasteiger partial charge >= 0.3 is 0 Å². The molecule has 3 aromatic rings. The number of rotatable bonds is 4. The summed E-state index contributed by atoms with van der Waals surface area (Å²) in [6, 6.07) is 5.91. The number of nitrogens with zero attached hydrogens (tertiary/aromatic N) is 3. The topological polar surface area (TPSA) is 75.7 Å². The van der Waals surface area contributed by atoms with Crippen LogP contribution in [0.3, 0.4) is 0 Å². The average molecular weight is 313 g/mol. The van der Waals surface area contributed by atoms with E-state index in [1.807, 2.05) is 25.1 Å². The molecule has 1 saturated heterocycles. The number of fused-ring (bicyclic) bond motifs is 1. The van der Waals surface area contributed by atoms with Crippen LogP contribution < -0.4 is 10.1 Å². The maximum atomic E-state index is 14.0. The van der Waals surface area contributed by atoms with Crippen molar-refractivity contribution in [3.8, 4) is 17.1 Å². The average Bonchev–Trinajstić information content (AvgIpc) is 2.92. The van der Waals surface area contributed by atoms with Gasteiger partial charge in [0.2, 0.25) is 5.88 Å². The molecule has 1 aromatic carbocycles. The third-order valence-electron chi connectivity index (χ3n) is 4.02. The third-order valence-corrected chi connectivity index (χ3v) is 4.02. The Hall–Kier alpha value is -2.54. The second kappa shape index (κ2) is 5.27. The molecule has 0 saturated carbocycles. The van der Waals surface area contributed by atoms with Gasteiger partial charge in [0.25, 0.3) is 0 Å². The fourth-order valence-electron chi connectivity index (χ4n) is 2.56. The Balaban J connectivity index is 1.60. The van der Waals surface area contributed by atoms with Crippen molar-refractivity contribution >= 4 is 10.9 Å². The minimum Gasteiger partial charge on any atom is -0.473 e. The molecule has 0 spiro atoms. The highest BCUT2D eigenvalue weighted by Crippen LogP contribution is 2.25. The predicted octanol–water partition coefficient (Wildman–Crippen LogP) is 2.02. The monoisotopic (exact) mass is 313 g/mol. The van der Waals surface area contributed by atoms with Gasteiger partial charge in [-0.25, -0.2) is 9.37 Å².